The second-order valence-corrected chi connectivity index (χ2v) is 5.27. The zero-order valence-corrected chi connectivity index (χ0v) is 11.9. The van der Waals surface area contributed by atoms with Crippen LogP contribution in [0.5, 0.6) is 0 Å². The largest absolute Gasteiger partial charge is 0.469 e. The Labute approximate surface area is 115 Å². The van der Waals surface area contributed by atoms with E-state index in [0.717, 1.165) is 23.3 Å². The maximum atomic E-state index is 10.3. The first-order valence-corrected chi connectivity index (χ1v) is 6.95. The summed E-state index contributed by atoms with van der Waals surface area (Å²) >= 11 is 0. The zero-order valence-electron chi connectivity index (χ0n) is 11.9. The third-order valence-electron chi connectivity index (χ3n) is 3.54. The molecule has 0 spiro atoms. The summed E-state index contributed by atoms with van der Waals surface area (Å²) < 4.78 is 5.36. The molecule has 1 atom stereocenters. The molecule has 0 radical (unpaired) electrons. The maximum Gasteiger partial charge on any atom is 0.109 e. The lowest BCUT2D eigenvalue weighted by atomic mass is 9.97. The number of hydrogen-bond donors (Lipinski definition) is 1. The summed E-state index contributed by atoms with van der Waals surface area (Å²) in [5.41, 5.74) is 3.39. The number of rotatable bonds is 5. The molecule has 0 aliphatic carbocycles. The van der Waals surface area contributed by atoms with Crippen molar-refractivity contribution < 1.29 is 9.52 Å². The minimum atomic E-state index is -0.487. The topological polar surface area (TPSA) is 33.4 Å². The van der Waals surface area contributed by atoms with Crippen LogP contribution >= 0.6 is 0 Å². The molecule has 1 heterocycles. The highest BCUT2D eigenvalue weighted by molar-refractivity contribution is 5.27. The minimum Gasteiger partial charge on any atom is -0.469 e. The molecule has 0 saturated heterocycles. The van der Waals surface area contributed by atoms with Gasteiger partial charge in [0.25, 0.3) is 0 Å². The number of aliphatic hydroxyl groups excluding tert-OH is 1. The molecule has 1 N–H and O–H groups in total. The van der Waals surface area contributed by atoms with Gasteiger partial charge in [-0.1, -0.05) is 45.0 Å². The SMILES string of the molecule is CCc1occc1C(O)Cc1ccc(C(C)C)cc1. The molecule has 19 heavy (non-hydrogen) atoms. The Morgan fingerprint density at radius 1 is 1.11 bits per heavy atom. The van der Waals surface area contributed by atoms with Crippen molar-refractivity contribution in [1.82, 2.24) is 0 Å². The molecule has 0 amide bonds. The molecule has 102 valence electrons. The highest BCUT2D eigenvalue weighted by Gasteiger charge is 2.14. The van der Waals surface area contributed by atoms with E-state index in [9.17, 15) is 5.11 Å². The molecular weight excluding hydrogens is 236 g/mol. The summed E-state index contributed by atoms with van der Waals surface area (Å²) in [6.45, 7) is 6.40. The lowest BCUT2D eigenvalue weighted by Crippen LogP contribution is -2.03. The van der Waals surface area contributed by atoms with Crippen LogP contribution in [0.1, 0.15) is 55.2 Å². The molecule has 1 unspecified atom stereocenters. The predicted molar refractivity (Wildman–Crippen MR) is 77.3 cm³/mol. The molecule has 2 nitrogen and oxygen atoms in total. The van der Waals surface area contributed by atoms with Crippen molar-refractivity contribution >= 4 is 0 Å². The van der Waals surface area contributed by atoms with Gasteiger partial charge in [0.05, 0.1) is 12.4 Å². The summed E-state index contributed by atoms with van der Waals surface area (Å²) in [7, 11) is 0. The van der Waals surface area contributed by atoms with Crippen LogP contribution in [0.3, 0.4) is 0 Å². The second kappa shape index (κ2) is 6.07. The standard InChI is InChI=1S/C17H22O2/c1-4-17-15(9-10-19-17)16(18)11-13-5-7-14(8-6-13)12(2)3/h5-10,12,16,18H,4,11H2,1-3H3. The molecular formula is C17H22O2. The third-order valence-corrected chi connectivity index (χ3v) is 3.54. The van der Waals surface area contributed by atoms with Crippen LogP contribution in [-0.4, -0.2) is 5.11 Å². The Bertz CT molecular complexity index is 508. The lowest BCUT2D eigenvalue weighted by Gasteiger charge is -2.12. The summed E-state index contributed by atoms with van der Waals surface area (Å²) in [5, 5.41) is 10.3. The first-order chi connectivity index (χ1) is 9.11. The predicted octanol–water partition coefficient (Wildman–Crippen LogP) is 4.24. The summed E-state index contributed by atoms with van der Waals surface area (Å²) in [5.74, 6) is 1.42. The number of furan rings is 1. The monoisotopic (exact) mass is 258 g/mol. The second-order valence-electron chi connectivity index (χ2n) is 5.27. The van der Waals surface area contributed by atoms with Gasteiger partial charge in [-0.3, -0.25) is 0 Å². The van der Waals surface area contributed by atoms with Crippen molar-refractivity contribution in [3.63, 3.8) is 0 Å². The molecule has 0 saturated carbocycles. The van der Waals surface area contributed by atoms with Crippen molar-refractivity contribution in [3.05, 3.63) is 59.0 Å². The quantitative estimate of drug-likeness (QED) is 0.870. The normalized spacial score (nSPS) is 12.9. The molecule has 1 aromatic heterocycles. The fourth-order valence-electron chi connectivity index (χ4n) is 2.31. The molecule has 0 bridgehead atoms. The van der Waals surface area contributed by atoms with Gasteiger partial charge < -0.3 is 9.52 Å². The van der Waals surface area contributed by atoms with Gasteiger partial charge in [-0.05, 0) is 23.1 Å². The molecule has 0 aliphatic heterocycles. The number of aliphatic hydroxyl groups is 1. The van der Waals surface area contributed by atoms with E-state index in [1.54, 1.807) is 6.26 Å². The van der Waals surface area contributed by atoms with Gasteiger partial charge in [-0.25, -0.2) is 0 Å². The Balaban J connectivity index is 2.08. The summed E-state index contributed by atoms with van der Waals surface area (Å²) in [6.07, 6.45) is 2.61. The van der Waals surface area contributed by atoms with Crippen molar-refractivity contribution in [3.8, 4) is 0 Å². The van der Waals surface area contributed by atoms with E-state index in [2.05, 4.69) is 38.1 Å². The molecule has 0 fully saturated rings. The van der Waals surface area contributed by atoms with Crippen LogP contribution in [0, 0.1) is 0 Å². The highest BCUT2D eigenvalue weighted by atomic mass is 16.3. The Morgan fingerprint density at radius 2 is 1.79 bits per heavy atom. The average Bonchev–Trinajstić information content (AvgIpc) is 2.87. The highest BCUT2D eigenvalue weighted by Crippen LogP contribution is 2.24. The Kier molecular flexibility index (Phi) is 4.43. The van der Waals surface area contributed by atoms with Crippen LogP contribution < -0.4 is 0 Å². The van der Waals surface area contributed by atoms with Crippen molar-refractivity contribution in [2.24, 2.45) is 0 Å². The van der Waals surface area contributed by atoms with Gasteiger partial charge in [0.2, 0.25) is 0 Å². The molecule has 2 aromatic rings. The van der Waals surface area contributed by atoms with Gasteiger partial charge in [-0.15, -0.1) is 0 Å². The number of benzene rings is 1. The van der Waals surface area contributed by atoms with Crippen molar-refractivity contribution in [1.29, 1.82) is 0 Å². The van der Waals surface area contributed by atoms with E-state index < -0.39 is 6.10 Å². The average molecular weight is 258 g/mol. The smallest absolute Gasteiger partial charge is 0.109 e. The van der Waals surface area contributed by atoms with E-state index in [4.69, 9.17) is 4.42 Å². The summed E-state index contributed by atoms with van der Waals surface area (Å²) in [6, 6.07) is 10.4. The molecule has 2 heteroatoms. The first-order valence-electron chi connectivity index (χ1n) is 6.95. The van der Waals surface area contributed by atoms with Gasteiger partial charge in [0.1, 0.15) is 5.76 Å². The van der Waals surface area contributed by atoms with E-state index in [0.29, 0.717) is 12.3 Å². The molecule has 0 aliphatic rings. The number of hydrogen-bond acceptors (Lipinski definition) is 2. The van der Waals surface area contributed by atoms with Gasteiger partial charge in [-0.2, -0.15) is 0 Å². The van der Waals surface area contributed by atoms with Crippen molar-refractivity contribution in [2.45, 2.75) is 45.6 Å². The van der Waals surface area contributed by atoms with E-state index in [1.807, 2.05) is 13.0 Å². The fraction of sp³-hybridized carbons (Fsp3) is 0.412. The van der Waals surface area contributed by atoms with E-state index >= 15 is 0 Å². The van der Waals surface area contributed by atoms with Crippen LogP contribution in [0.25, 0.3) is 0 Å². The number of aryl methyl sites for hydroxylation is 1. The molecule has 2 rings (SSSR count). The van der Waals surface area contributed by atoms with Crippen LogP contribution in [-0.2, 0) is 12.8 Å². The van der Waals surface area contributed by atoms with E-state index in [1.165, 1.54) is 5.56 Å². The van der Waals surface area contributed by atoms with Gasteiger partial charge in [0.15, 0.2) is 0 Å². The van der Waals surface area contributed by atoms with Crippen LogP contribution in [0.2, 0.25) is 0 Å². The van der Waals surface area contributed by atoms with E-state index in [-0.39, 0.29) is 0 Å². The van der Waals surface area contributed by atoms with Gasteiger partial charge >= 0.3 is 0 Å². The Hall–Kier alpha value is -1.54. The van der Waals surface area contributed by atoms with Crippen molar-refractivity contribution in [2.75, 3.05) is 0 Å². The summed E-state index contributed by atoms with van der Waals surface area (Å²) in [4.78, 5) is 0. The van der Waals surface area contributed by atoms with Gasteiger partial charge in [0, 0.05) is 18.4 Å². The lowest BCUT2D eigenvalue weighted by molar-refractivity contribution is 0.176. The zero-order chi connectivity index (χ0) is 13.8. The van der Waals surface area contributed by atoms with Crippen LogP contribution in [0.4, 0.5) is 0 Å². The minimum absolute atomic E-state index is 0.487. The third kappa shape index (κ3) is 3.27. The molecule has 1 aromatic carbocycles. The fourth-order valence-corrected chi connectivity index (χ4v) is 2.31. The first kappa shape index (κ1) is 13.9. The Morgan fingerprint density at radius 3 is 2.37 bits per heavy atom. The van der Waals surface area contributed by atoms with Crippen LogP contribution in [0.15, 0.2) is 41.0 Å². The maximum absolute atomic E-state index is 10.3.